The van der Waals surface area contributed by atoms with Crippen LogP contribution in [0.15, 0.2) is 0 Å². The van der Waals surface area contributed by atoms with Crippen molar-refractivity contribution in [3.63, 3.8) is 0 Å². The number of carbonyl (C=O) groups excluding carboxylic acids is 2. The quantitative estimate of drug-likeness (QED) is 0.554. The fraction of sp³-hybridized carbons (Fsp3) is 0.818. The van der Waals surface area contributed by atoms with Gasteiger partial charge in [0, 0.05) is 19.0 Å². The molecule has 1 aliphatic rings. The average molecular weight is 248 g/mol. The van der Waals surface area contributed by atoms with Crippen LogP contribution in [0.5, 0.6) is 0 Å². The molecule has 0 radical (unpaired) electrons. The number of amides is 1. The molecule has 1 rings (SSSR count). The van der Waals surface area contributed by atoms with Crippen LogP contribution >= 0.6 is 11.6 Å². The second kappa shape index (κ2) is 4.62. The van der Waals surface area contributed by atoms with Crippen molar-refractivity contribution in [2.75, 3.05) is 19.0 Å². The van der Waals surface area contributed by atoms with E-state index in [2.05, 4.69) is 0 Å². The molecule has 0 N–H and O–H groups in total. The van der Waals surface area contributed by atoms with Crippen LogP contribution in [-0.2, 0) is 9.53 Å². The van der Waals surface area contributed by atoms with Gasteiger partial charge < -0.3 is 14.4 Å². The monoisotopic (exact) mass is 247 g/mol. The van der Waals surface area contributed by atoms with Crippen LogP contribution in [0, 0.1) is 5.41 Å². The van der Waals surface area contributed by atoms with Gasteiger partial charge in [0.25, 0.3) is 0 Å². The van der Waals surface area contributed by atoms with Gasteiger partial charge in [-0.1, -0.05) is 0 Å². The lowest BCUT2D eigenvalue weighted by Gasteiger charge is -2.25. The molecule has 1 heterocycles. The number of ether oxygens (including phenoxy) is 1. The normalized spacial score (nSPS) is 25.6. The van der Waals surface area contributed by atoms with Gasteiger partial charge in [0.05, 0.1) is 5.41 Å². The smallest absolute Gasteiger partial charge is 0.410 e. The molecule has 1 unspecified atom stereocenters. The Kier molecular flexibility index (Phi) is 3.84. The van der Waals surface area contributed by atoms with Crippen molar-refractivity contribution in [2.24, 2.45) is 5.41 Å². The van der Waals surface area contributed by atoms with Crippen molar-refractivity contribution in [3.8, 4) is 0 Å². The van der Waals surface area contributed by atoms with Crippen molar-refractivity contribution in [2.45, 2.75) is 32.8 Å². The van der Waals surface area contributed by atoms with Gasteiger partial charge in [-0.15, -0.1) is 11.6 Å². The number of halogens is 1. The Morgan fingerprint density at radius 1 is 1.56 bits per heavy atom. The van der Waals surface area contributed by atoms with Crippen LogP contribution in [0.2, 0.25) is 0 Å². The number of rotatable bonds is 2. The molecule has 0 aliphatic carbocycles. The van der Waals surface area contributed by atoms with Gasteiger partial charge in [0.1, 0.15) is 11.9 Å². The third-order valence-electron chi connectivity index (χ3n) is 2.55. The minimum Gasteiger partial charge on any atom is -0.444 e. The molecule has 1 aliphatic heterocycles. The number of alkyl halides is 1. The molecular weight excluding hydrogens is 230 g/mol. The van der Waals surface area contributed by atoms with Crippen LogP contribution in [0.25, 0.3) is 0 Å². The highest BCUT2D eigenvalue weighted by Crippen LogP contribution is 2.30. The molecule has 1 fully saturated rings. The maximum atomic E-state index is 11.7. The molecule has 92 valence electrons. The Morgan fingerprint density at radius 3 is 2.56 bits per heavy atom. The van der Waals surface area contributed by atoms with E-state index in [0.29, 0.717) is 19.5 Å². The first-order valence-corrected chi connectivity index (χ1v) is 5.86. The lowest BCUT2D eigenvalue weighted by Crippen LogP contribution is -2.37. The minimum atomic E-state index is -0.585. The molecule has 1 amide bonds. The molecule has 0 aromatic rings. The molecule has 0 aromatic heterocycles. The first-order valence-electron chi connectivity index (χ1n) is 5.32. The summed E-state index contributed by atoms with van der Waals surface area (Å²) in [6.07, 6.45) is 1.09. The standard InChI is InChI=1S/C11H18ClNO3/c1-10(2,3)16-9(15)13-5-4-11(6-12,7-13)8-14/h8H,4-7H2,1-3H3. The van der Waals surface area contributed by atoms with Gasteiger partial charge in [0.15, 0.2) is 0 Å². The Hall–Kier alpha value is -0.770. The van der Waals surface area contributed by atoms with Gasteiger partial charge in [-0.05, 0) is 27.2 Å². The molecule has 4 nitrogen and oxygen atoms in total. The van der Waals surface area contributed by atoms with E-state index in [1.54, 1.807) is 4.90 Å². The van der Waals surface area contributed by atoms with E-state index in [-0.39, 0.29) is 12.0 Å². The van der Waals surface area contributed by atoms with Crippen molar-refractivity contribution in [1.29, 1.82) is 0 Å². The highest BCUT2D eigenvalue weighted by molar-refractivity contribution is 6.19. The summed E-state index contributed by atoms with van der Waals surface area (Å²) in [6, 6.07) is 0. The van der Waals surface area contributed by atoms with E-state index in [1.807, 2.05) is 20.8 Å². The van der Waals surface area contributed by atoms with E-state index in [1.165, 1.54) is 0 Å². The Labute approximate surface area is 101 Å². The lowest BCUT2D eigenvalue weighted by molar-refractivity contribution is -0.114. The first kappa shape index (κ1) is 13.3. The molecular formula is C11H18ClNO3. The summed E-state index contributed by atoms with van der Waals surface area (Å²) in [5.74, 6) is 0.246. The van der Waals surface area contributed by atoms with E-state index >= 15 is 0 Å². The van der Waals surface area contributed by atoms with Gasteiger partial charge >= 0.3 is 6.09 Å². The number of hydrogen-bond acceptors (Lipinski definition) is 3. The van der Waals surface area contributed by atoms with Crippen LogP contribution in [0.3, 0.4) is 0 Å². The number of nitrogens with zero attached hydrogens (tertiary/aromatic N) is 1. The molecule has 0 bridgehead atoms. The summed E-state index contributed by atoms with van der Waals surface area (Å²) < 4.78 is 5.23. The third-order valence-corrected chi connectivity index (χ3v) is 3.09. The van der Waals surface area contributed by atoms with E-state index in [0.717, 1.165) is 6.29 Å². The van der Waals surface area contributed by atoms with Crippen LogP contribution in [0.4, 0.5) is 4.79 Å². The Morgan fingerprint density at radius 2 is 2.19 bits per heavy atom. The van der Waals surface area contributed by atoms with E-state index < -0.39 is 11.0 Å². The molecule has 5 heteroatoms. The zero-order chi connectivity index (χ0) is 12.4. The highest BCUT2D eigenvalue weighted by atomic mass is 35.5. The van der Waals surface area contributed by atoms with Gasteiger partial charge in [0.2, 0.25) is 0 Å². The lowest BCUT2D eigenvalue weighted by atomic mass is 9.92. The predicted octanol–water partition coefficient (Wildman–Crippen LogP) is 2.05. The van der Waals surface area contributed by atoms with Crippen molar-refractivity contribution in [1.82, 2.24) is 4.90 Å². The summed E-state index contributed by atoms with van der Waals surface area (Å²) in [6.45, 7) is 6.33. The number of hydrogen-bond donors (Lipinski definition) is 0. The number of carbonyl (C=O) groups is 2. The molecule has 1 saturated heterocycles. The fourth-order valence-electron chi connectivity index (χ4n) is 1.61. The van der Waals surface area contributed by atoms with Gasteiger partial charge in [-0.25, -0.2) is 4.79 Å². The van der Waals surface area contributed by atoms with Crippen molar-refractivity contribution >= 4 is 24.0 Å². The van der Waals surface area contributed by atoms with E-state index in [9.17, 15) is 9.59 Å². The largest absolute Gasteiger partial charge is 0.444 e. The summed E-state index contributed by atoms with van der Waals surface area (Å²) in [4.78, 5) is 24.2. The SMILES string of the molecule is CC(C)(C)OC(=O)N1CCC(C=O)(CCl)C1. The van der Waals surface area contributed by atoms with Crippen LogP contribution in [-0.4, -0.2) is 41.8 Å². The summed E-state index contributed by atoms with van der Waals surface area (Å²) in [5, 5.41) is 0. The fourth-order valence-corrected chi connectivity index (χ4v) is 1.90. The zero-order valence-electron chi connectivity index (χ0n) is 9.96. The Bertz CT molecular complexity index is 287. The maximum absolute atomic E-state index is 11.7. The minimum absolute atomic E-state index is 0.246. The molecule has 16 heavy (non-hydrogen) atoms. The second-order valence-electron chi connectivity index (χ2n) is 5.27. The highest BCUT2D eigenvalue weighted by Gasteiger charge is 2.40. The average Bonchev–Trinajstić information content (AvgIpc) is 2.60. The topological polar surface area (TPSA) is 46.6 Å². The van der Waals surface area contributed by atoms with Crippen molar-refractivity contribution < 1.29 is 14.3 Å². The summed E-state index contributed by atoms with van der Waals surface area (Å²) in [7, 11) is 0. The zero-order valence-corrected chi connectivity index (χ0v) is 10.7. The summed E-state index contributed by atoms with van der Waals surface area (Å²) >= 11 is 5.76. The number of aldehydes is 1. The summed E-state index contributed by atoms with van der Waals surface area (Å²) in [5.41, 5.74) is -1.09. The molecule has 0 spiro atoms. The van der Waals surface area contributed by atoms with Gasteiger partial charge in [-0.2, -0.15) is 0 Å². The second-order valence-corrected chi connectivity index (χ2v) is 5.53. The van der Waals surface area contributed by atoms with E-state index in [4.69, 9.17) is 16.3 Å². The van der Waals surface area contributed by atoms with Crippen LogP contribution in [0.1, 0.15) is 27.2 Å². The third kappa shape index (κ3) is 3.11. The van der Waals surface area contributed by atoms with Crippen molar-refractivity contribution in [3.05, 3.63) is 0 Å². The maximum Gasteiger partial charge on any atom is 0.410 e. The van der Waals surface area contributed by atoms with Gasteiger partial charge in [-0.3, -0.25) is 0 Å². The molecule has 0 aromatic carbocycles. The first-order chi connectivity index (χ1) is 7.32. The molecule has 0 saturated carbocycles. The number of likely N-dealkylation sites (tertiary alicyclic amines) is 1. The Balaban J connectivity index is 2.59. The molecule has 1 atom stereocenters. The predicted molar refractivity (Wildman–Crippen MR) is 61.6 cm³/mol. The van der Waals surface area contributed by atoms with Crippen LogP contribution < -0.4 is 0 Å².